The molecule has 0 saturated carbocycles. The molecule has 2 N–H and O–H groups in total. The smallest absolute Gasteiger partial charge is 0.457 e. The summed E-state index contributed by atoms with van der Waals surface area (Å²) in [6.45, 7) is 0. The SMILES string of the molecule is O=Cc1ccccc1Oc1cccc(B(O)O)c1. The van der Waals surface area contributed by atoms with Gasteiger partial charge < -0.3 is 14.8 Å². The largest absolute Gasteiger partial charge is 0.488 e. The lowest BCUT2D eigenvalue weighted by molar-refractivity contribution is 0.112. The normalized spacial score (nSPS) is 9.89. The first-order valence-corrected chi connectivity index (χ1v) is 5.39. The highest BCUT2D eigenvalue weighted by atomic mass is 16.5. The number of aldehydes is 1. The quantitative estimate of drug-likeness (QED) is 0.619. The lowest BCUT2D eigenvalue weighted by atomic mass is 9.80. The Morgan fingerprint density at radius 3 is 2.56 bits per heavy atom. The predicted octanol–water partition coefficient (Wildman–Crippen LogP) is 0.971. The summed E-state index contributed by atoms with van der Waals surface area (Å²) in [5.74, 6) is 0.868. The van der Waals surface area contributed by atoms with Gasteiger partial charge in [-0.25, -0.2) is 0 Å². The minimum Gasteiger partial charge on any atom is -0.457 e. The van der Waals surface area contributed by atoms with Crippen LogP contribution in [0, 0.1) is 0 Å². The zero-order valence-corrected chi connectivity index (χ0v) is 9.48. The van der Waals surface area contributed by atoms with Crippen LogP contribution in [0.15, 0.2) is 48.5 Å². The molecule has 2 aromatic rings. The summed E-state index contributed by atoms with van der Waals surface area (Å²) in [5.41, 5.74) is 0.767. The molecule has 0 amide bonds. The Balaban J connectivity index is 2.28. The minimum absolute atomic E-state index is 0.330. The highest BCUT2D eigenvalue weighted by Crippen LogP contribution is 2.23. The maximum Gasteiger partial charge on any atom is 0.488 e. The van der Waals surface area contributed by atoms with E-state index < -0.39 is 7.12 Å². The van der Waals surface area contributed by atoms with Crippen molar-refractivity contribution < 1.29 is 19.6 Å². The van der Waals surface area contributed by atoms with E-state index in [1.807, 2.05) is 0 Å². The average molecular weight is 242 g/mol. The molecule has 0 aromatic heterocycles. The molecule has 0 saturated heterocycles. The van der Waals surface area contributed by atoms with E-state index in [4.69, 9.17) is 14.8 Å². The standard InChI is InChI=1S/C13H11BO4/c15-9-10-4-1-2-7-13(10)18-12-6-3-5-11(8-12)14(16)17/h1-9,16-17H. The molecule has 0 heterocycles. The monoisotopic (exact) mass is 242 g/mol. The molecule has 0 radical (unpaired) electrons. The number of carbonyl (C=O) groups excluding carboxylic acids is 1. The lowest BCUT2D eigenvalue weighted by Crippen LogP contribution is -2.29. The van der Waals surface area contributed by atoms with Crippen LogP contribution in [-0.2, 0) is 0 Å². The summed E-state index contributed by atoms with van der Waals surface area (Å²) >= 11 is 0. The third-order valence-corrected chi connectivity index (χ3v) is 2.43. The number of para-hydroxylation sites is 1. The Morgan fingerprint density at radius 1 is 1.06 bits per heavy atom. The molecule has 0 fully saturated rings. The van der Waals surface area contributed by atoms with Gasteiger partial charge in [0.2, 0.25) is 0 Å². The van der Waals surface area contributed by atoms with Crippen LogP contribution in [0.25, 0.3) is 0 Å². The molecular formula is C13H11BO4. The first-order chi connectivity index (χ1) is 8.70. The maximum atomic E-state index is 10.8. The molecule has 5 heteroatoms. The van der Waals surface area contributed by atoms with Gasteiger partial charge in [-0.05, 0) is 29.7 Å². The van der Waals surface area contributed by atoms with Crippen LogP contribution in [-0.4, -0.2) is 23.5 Å². The molecule has 0 atom stereocenters. The molecular weight excluding hydrogens is 231 g/mol. The van der Waals surface area contributed by atoms with Crippen molar-refractivity contribution in [3.05, 3.63) is 54.1 Å². The second-order valence-electron chi connectivity index (χ2n) is 3.70. The molecule has 2 aromatic carbocycles. The Kier molecular flexibility index (Phi) is 3.77. The van der Waals surface area contributed by atoms with Crippen LogP contribution in [0.2, 0.25) is 0 Å². The maximum absolute atomic E-state index is 10.8. The van der Waals surface area contributed by atoms with E-state index >= 15 is 0 Å². The van der Waals surface area contributed by atoms with E-state index in [9.17, 15) is 4.79 Å². The summed E-state index contributed by atoms with van der Waals surface area (Å²) in [6, 6.07) is 13.2. The van der Waals surface area contributed by atoms with Crippen LogP contribution < -0.4 is 10.2 Å². The van der Waals surface area contributed by atoms with Gasteiger partial charge in [-0.2, -0.15) is 0 Å². The number of hydrogen-bond donors (Lipinski definition) is 2. The van der Waals surface area contributed by atoms with Gasteiger partial charge in [0.05, 0.1) is 5.56 Å². The fourth-order valence-electron chi connectivity index (χ4n) is 1.54. The van der Waals surface area contributed by atoms with Gasteiger partial charge >= 0.3 is 7.12 Å². The van der Waals surface area contributed by atoms with Gasteiger partial charge in [-0.1, -0.05) is 24.3 Å². The van der Waals surface area contributed by atoms with E-state index in [0.29, 0.717) is 28.8 Å². The lowest BCUT2D eigenvalue weighted by Gasteiger charge is -2.08. The van der Waals surface area contributed by atoms with E-state index in [0.717, 1.165) is 0 Å². The van der Waals surface area contributed by atoms with E-state index in [-0.39, 0.29) is 0 Å². The average Bonchev–Trinajstić information content (AvgIpc) is 2.39. The Hall–Kier alpha value is -2.11. The molecule has 90 valence electrons. The Bertz CT molecular complexity index is 554. The topological polar surface area (TPSA) is 66.8 Å². The molecule has 0 spiro atoms. The molecule has 0 aliphatic heterocycles. The summed E-state index contributed by atoms with van der Waals surface area (Å²) in [4.78, 5) is 10.8. The Labute approximate surface area is 105 Å². The third-order valence-electron chi connectivity index (χ3n) is 2.43. The van der Waals surface area contributed by atoms with Gasteiger partial charge in [0.25, 0.3) is 0 Å². The van der Waals surface area contributed by atoms with Crippen molar-refractivity contribution in [3.8, 4) is 11.5 Å². The van der Waals surface area contributed by atoms with E-state index in [1.54, 1.807) is 42.5 Å². The van der Waals surface area contributed by atoms with Gasteiger partial charge in [-0.3, -0.25) is 4.79 Å². The summed E-state index contributed by atoms with van der Waals surface area (Å²) in [7, 11) is -1.55. The third kappa shape index (κ3) is 2.77. The molecule has 18 heavy (non-hydrogen) atoms. The highest BCUT2D eigenvalue weighted by Gasteiger charge is 2.11. The number of ether oxygens (including phenoxy) is 1. The summed E-state index contributed by atoms with van der Waals surface area (Å²) in [5, 5.41) is 18.1. The summed E-state index contributed by atoms with van der Waals surface area (Å²) < 4.78 is 5.54. The highest BCUT2D eigenvalue weighted by molar-refractivity contribution is 6.58. The fraction of sp³-hybridized carbons (Fsp3) is 0. The van der Waals surface area contributed by atoms with E-state index in [1.165, 1.54) is 6.07 Å². The van der Waals surface area contributed by atoms with Crippen LogP contribution in [0.5, 0.6) is 11.5 Å². The molecule has 0 unspecified atom stereocenters. The van der Waals surface area contributed by atoms with Crippen molar-refractivity contribution in [2.45, 2.75) is 0 Å². The zero-order chi connectivity index (χ0) is 13.0. The Morgan fingerprint density at radius 2 is 1.83 bits per heavy atom. The fourth-order valence-corrected chi connectivity index (χ4v) is 1.54. The number of hydrogen-bond acceptors (Lipinski definition) is 4. The van der Waals surface area contributed by atoms with Crippen molar-refractivity contribution >= 4 is 18.9 Å². The first-order valence-electron chi connectivity index (χ1n) is 5.39. The van der Waals surface area contributed by atoms with Crippen molar-refractivity contribution in [1.29, 1.82) is 0 Å². The number of carbonyl (C=O) groups is 1. The minimum atomic E-state index is -1.55. The van der Waals surface area contributed by atoms with E-state index in [2.05, 4.69) is 0 Å². The van der Waals surface area contributed by atoms with Gasteiger partial charge in [0.1, 0.15) is 11.5 Å². The van der Waals surface area contributed by atoms with Crippen LogP contribution in [0.1, 0.15) is 10.4 Å². The van der Waals surface area contributed by atoms with Gasteiger partial charge in [-0.15, -0.1) is 0 Å². The van der Waals surface area contributed by atoms with Crippen LogP contribution in [0.4, 0.5) is 0 Å². The second-order valence-corrected chi connectivity index (χ2v) is 3.70. The van der Waals surface area contributed by atoms with Crippen LogP contribution in [0.3, 0.4) is 0 Å². The van der Waals surface area contributed by atoms with Crippen LogP contribution >= 0.6 is 0 Å². The molecule has 0 bridgehead atoms. The molecule has 0 aliphatic rings. The van der Waals surface area contributed by atoms with Crippen molar-refractivity contribution in [3.63, 3.8) is 0 Å². The second kappa shape index (κ2) is 5.49. The van der Waals surface area contributed by atoms with Crippen molar-refractivity contribution in [2.75, 3.05) is 0 Å². The summed E-state index contributed by atoms with van der Waals surface area (Å²) in [6.07, 6.45) is 0.708. The molecule has 4 nitrogen and oxygen atoms in total. The number of benzene rings is 2. The predicted molar refractivity (Wildman–Crippen MR) is 68.2 cm³/mol. The first kappa shape index (κ1) is 12.4. The van der Waals surface area contributed by atoms with Crippen molar-refractivity contribution in [1.82, 2.24) is 0 Å². The zero-order valence-electron chi connectivity index (χ0n) is 9.48. The molecule has 0 aliphatic carbocycles. The van der Waals surface area contributed by atoms with Gasteiger partial charge in [0, 0.05) is 0 Å². The molecule has 2 rings (SSSR count). The number of rotatable bonds is 4. The van der Waals surface area contributed by atoms with Gasteiger partial charge in [0.15, 0.2) is 6.29 Å². The van der Waals surface area contributed by atoms with Crippen molar-refractivity contribution in [2.24, 2.45) is 0 Å².